The molecule has 0 fully saturated rings. The number of carboxylic acids is 1. The second-order valence-corrected chi connectivity index (χ2v) is 7.13. The number of alkyl carbamates (subject to hydrolysis) is 1. The van der Waals surface area contributed by atoms with Crippen molar-refractivity contribution < 1.29 is 27.9 Å². The minimum atomic E-state index is -3.51. The minimum absolute atomic E-state index is 0.0248. The fourth-order valence-electron chi connectivity index (χ4n) is 1.88. The molecule has 1 amide bonds. The first-order valence-electron chi connectivity index (χ1n) is 7.65. The Bertz CT molecular complexity index is 736. The lowest BCUT2D eigenvalue weighted by atomic mass is 10.1. The summed E-state index contributed by atoms with van der Waals surface area (Å²) < 4.78 is 28.9. The van der Waals surface area contributed by atoms with E-state index in [-0.39, 0.29) is 32.0 Å². The number of ether oxygens (including phenoxy) is 1. The van der Waals surface area contributed by atoms with Crippen molar-refractivity contribution >= 4 is 28.0 Å². The number of hydrogen-bond donors (Lipinski definition) is 4. The van der Waals surface area contributed by atoms with Gasteiger partial charge in [0, 0.05) is 6.54 Å². The number of carbonyl (C=O) groups is 2. The third-order valence-corrected chi connectivity index (χ3v) is 3.61. The highest BCUT2D eigenvalue weighted by Gasteiger charge is 2.20. The lowest BCUT2D eigenvalue weighted by Crippen LogP contribution is -2.41. The summed E-state index contributed by atoms with van der Waals surface area (Å²) in [7, 11) is -3.51. The number of benzene rings is 1. The highest BCUT2D eigenvalue weighted by molar-refractivity contribution is 7.89. The van der Waals surface area contributed by atoms with Crippen LogP contribution in [0.1, 0.15) is 18.4 Å². The Morgan fingerprint density at radius 2 is 1.96 bits per heavy atom. The molecule has 1 rings (SSSR count). The summed E-state index contributed by atoms with van der Waals surface area (Å²) in [6, 6.07) is 7.80. The van der Waals surface area contributed by atoms with Crippen LogP contribution < -0.4 is 15.8 Å². The quantitative estimate of drug-likeness (QED) is 0.264. The van der Waals surface area contributed by atoms with Gasteiger partial charge < -0.3 is 20.9 Å². The van der Waals surface area contributed by atoms with Crippen molar-refractivity contribution in [2.75, 3.05) is 12.8 Å². The molecule has 0 aromatic heterocycles. The smallest absolute Gasteiger partial charge is 0.408 e. The lowest BCUT2D eigenvalue weighted by Gasteiger charge is -2.14. The maximum absolute atomic E-state index is 11.7. The van der Waals surface area contributed by atoms with Crippen LogP contribution in [0.2, 0.25) is 0 Å². The van der Waals surface area contributed by atoms with E-state index in [1.54, 1.807) is 24.3 Å². The van der Waals surface area contributed by atoms with Gasteiger partial charge in [-0.05, 0) is 18.4 Å². The van der Waals surface area contributed by atoms with Crippen LogP contribution in [-0.4, -0.2) is 50.4 Å². The van der Waals surface area contributed by atoms with E-state index in [1.807, 2.05) is 10.8 Å². The van der Waals surface area contributed by atoms with Crippen LogP contribution >= 0.6 is 0 Å². The first-order chi connectivity index (χ1) is 12.2. The molecule has 0 aliphatic heterocycles. The zero-order chi connectivity index (χ0) is 19.6. The topological polar surface area (TPSA) is 160 Å². The first kappa shape index (κ1) is 21.2. The van der Waals surface area contributed by atoms with E-state index >= 15 is 0 Å². The predicted octanol–water partition coefficient (Wildman–Crippen LogP) is 0.0101. The van der Waals surface area contributed by atoms with Crippen LogP contribution in [0.5, 0.6) is 0 Å². The second kappa shape index (κ2) is 10.2. The van der Waals surface area contributed by atoms with Crippen LogP contribution in [0.4, 0.5) is 4.79 Å². The molecule has 1 aromatic rings. The Hall–Kier alpha value is -2.82. The third kappa shape index (κ3) is 9.47. The molecule has 1 unspecified atom stereocenters. The molecule has 1 aromatic carbocycles. The summed E-state index contributed by atoms with van der Waals surface area (Å²) in [5.41, 5.74) is 6.14. The number of carbonyl (C=O) groups excluding carboxylic acids is 1. The summed E-state index contributed by atoms with van der Waals surface area (Å²) in [6.07, 6.45) is 0.428. The van der Waals surface area contributed by atoms with Gasteiger partial charge in [-0.25, -0.2) is 18.0 Å². The van der Waals surface area contributed by atoms with Gasteiger partial charge in [-0.3, -0.25) is 9.71 Å². The molecule has 0 bridgehead atoms. The number of rotatable bonds is 9. The second-order valence-electron chi connectivity index (χ2n) is 5.38. The van der Waals surface area contributed by atoms with E-state index in [0.717, 1.165) is 11.8 Å². The zero-order valence-corrected chi connectivity index (χ0v) is 15.0. The summed E-state index contributed by atoms with van der Waals surface area (Å²) in [5, 5.41) is 11.4. The number of sulfonamides is 1. The van der Waals surface area contributed by atoms with Crippen molar-refractivity contribution in [3.8, 4) is 0 Å². The van der Waals surface area contributed by atoms with Gasteiger partial charge >= 0.3 is 12.1 Å². The van der Waals surface area contributed by atoms with Crippen LogP contribution in [0, 0.1) is 0 Å². The fraction of sp³-hybridized carbons (Fsp3) is 0.400. The number of nitrogens with zero attached hydrogens (tertiary/aromatic N) is 1. The number of amides is 1. The molecule has 10 nitrogen and oxygen atoms in total. The minimum Gasteiger partial charge on any atom is -0.480 e. The number of guanidine groups is 1. The molecule has 144 valence electrons. The number of aliphatic imine (C=N–C) groups is 1. The van der Waals surface area contributed by atoms with Gasteiger partial charge in [-0.2, -0.15) is 0 Å². The summed E-state index contributed by atoms with van der Waals surface area (Å²) >= 11 is 0. The molecule has 0 spiro atoms. The van der Waals surface area contributed by atoms with Crippen LogP contribution in [-0.2, 0) is 26.2 Å². The van der Waals surface area contributed by atoms with Gasteiger partial charge in [-0.15, -0.1) is 0 Å². The Morgan fingerprint density at radius 3 is 2.54 bits per heavy atom. The number of nitrogens with two attached hydrogens (primary N) is 1. The number of carboxylic acid groups (broad SMARTS) is 1. The standard InChI is InChI=1S/C15H22N4O6S/c1-26(23,24)19-14(16)17-9-5-8-12(13(20)21)18-15(22)25-10-11-6-3-2-4-7-11/h2-4,6-7,12H,5,8-10H2,1H3,(H,18,22)(H,20,21)(H3,16,17,19). The fourth-order valence-corrected chi connectivity index (χ4v) is 2.33. The largest absolute Gasteiger partial charge is 0.480 e. The van der Waals surface area contributed by atoms with Gasteiger partial charge in [0.25, 0.3) is 0 Å². The Kier molecular flexibility index (Phi) is 8.35. The molecule has 5 N–H and O–H groups in total. The summed E-state index contributed by atoms with van der Waals surface area (Å²) in [4.78, 5) is 26.7. The molecule has 0 heterocycles. The zero-order valence-electron chi connectivity index (χ0n) is 14.2. The highest BCUT2D eigenvalue weighted by atomic mass is 32.2. The molecule has 26 heavy (non-hydrogen) atoms. The number of aliphatic carboxylic acids is 1. The van der Waals surface area contributed by atoms with E-state index in [1.165, 1.54) is 0 Å². The third-order valence-electron chi connectivity index (χ3n) is 3.03. The maximum atomic E-state index is 11.7. The number of nitrogens with one attached hydrogen (secondary N) is 2. The van der Waals surface area contributed by atoms with Crippen molar-refractivity contribution in [2.24, 2.45) is 10.7 Å². The molecule has 0 saturated carbocycles. The Morgan fingerprint density at radius 1 is 1.31 bits per heavy atom. The van der Waals surface area contributed by atoms with Gasteiger partial charge in [0.2, 0.25) is 16.0 Å². The van der Waals surface area contributed by atoms with Crippen molar-refractivity contribution in [1.29, 1.82) is 0 Å². The molecule has 0 aliphatic carbocycles. The van der Waals surface area contributed by atoms with Crippen LogP contribution in [0.15, 0.2) is 35.3 Å². The molecule has 11 heteroatoms. The van der Waals surface area contributed by atoms with Gasteiger partial charge in [0.1, 0.15) is 12.6 Å². The average Bonchev–Trinajstić information content (AvgIpc) is 2.55. The van der Waals surface area contributed by atoms with E-state index in [2.05, 4.69) is 10.3 Å². The van der Waals surface area contributed by atoms with E-state index in [0.29, 0.717) is 0 Å². The Labute approximate surface area is 151 Å². The summed E-state index contributed by atoms with van der Waals surface area (Å²) in [6.45, 7) is 0.121. The van der Waals surface area contributed by atoms with E-state index < -0.39 is 28.1 Å². The van der Waals surface area contributed by atoms with Crippen molar-refractivity contribution in [1.82, 2.24) is 10.0 Å². The molecular formula is C15H22N4O6S. The van der Waals surface area contributed by atoms with Crippen LogP contribution in [0.25, 0.3) is 0 Å². The molecule has 0 radical (unpaired) electrons. The molecule has 0 aliphatic rings. The Balaban J connectivity index is 2.40. The van der Waals surface area contributed by atoms with Crippen molar-refractivity contribution in [3.05, 3.63) is 35.9 Å². The molecule has 1 atom stereocenters. The summed E-state index contributed by atoms with van der Waals surface area (Å²) in [5.74, 6) is -1.50. The number of hydrogen-bond acceptors (Lipinski definition) is 6. The normalized spacial score (nSPS) is 12.9. The monoisotopic (exact) mass is 386 g/mol. The van der Waals surface area contributed by atoms with Crippen LogP contribution in [0.3, 0.4) is 0 Å². The van der Waals surface area contributed by atoms with E-state index in [4.69, 9.17) is 15.6 Å². The van der Waals surface area contributed by atoms with Gasteiger partial charge in [0.05, 0.1) is 6.26 Å². The SMILES string of the molecule is CS(=O)(=O)NC(N)=NCCCC(NC(=O)OCc1ccccc1)C(=O)O. The van der Waals surface area contributed by atoms with Gasteiger partial charge in [0.15, 0.2) is 0 Å². The molecule has 0 saturated heterocycles. The lowest BCUT2D eigenvalue weighted by molar-refractivity contribution is -0.139. The van der Waals surface area contributed by atoms with E-state index in [9.17, 15) is 18.0 Å². The van der Waals surface area contributed by atoms with Crippen molar-refractivity contribution in [2.45, 2.75) is 25.5 Å². The van der Waals surface area contributed by atoms with Gasteiger partial charge in [-0.1, -0.05) is 30.3 Å². The predicted molar refractivity (Wildman–Crippen MR) is 94.9 cm³/mol. The molecular weight excluding hydrogens is 364 g/mol. The van der Waals surface area contributed by atoms with Crippen molar-refractivity contribution in [3.63, 3.8) is 0 Å². The maximum Gasteiger partial charge on any atom is 0.408 e. The average molecular weight is 386 g/mol. The highest BCUT2D eigenvalue weighted by Crippen LogP contribution is 2.03. The first-order valence-corrected chi connectivity index (χ1v) is 9.54.